The fourth-order valence-corrected chi connectivity index (χ4v) is 5.30. The van der Waals surface area contributed by atoms with E-state index in [1.807, 2.05) is 30.5 Å². The van der Waals surface area contributed by atoms with Crippen LogP contribution in [0.2, 0.25) is 5.02 Å². The van der Waals surface area contributed by atoms with Crippen LogP contribution in [0.25, 0.3) is 6.08 Å². The first-order chi connectivity index (χ1) is 15.8. The highest BCUT2D eigenvalue weighted by Gasteiger charge is 2.33. The molecule has 4 rings (SSSR count). The fourth-order valence-electron chi connectivity index (χ4n) is 3.68. The molecular formula is C24H21ClN2O4S2. The van der Waals surface area contributed by atoms with Gasteiger partial charge in [-0.15, -0.1) is 11.8 Å². The SMILES string of the molecule is CCOC(=O)C1=C(C)N=c2s/c(=C\c3cc(Cl)ccc3O)c(=O)n2[C@H]1c1ccc(SC)cc1. The number of esters is 1. The molecule has 3 aromatic rings. The van der Waals surface area contributed by atoms with Crippen LogP contribution in [0.4, 0.5) is 0 Å². The Morgan fingerprint density at radius 2 is 2.03 bits per heavy atom. The van der Waals surface area contributed by atoms with Gasteiger partial charge in [-0.25, -0.2) is 9.79 Å². The van der Waals surface area contributed by atoms with E-state index >= 15 is 0 Å². The second-order valence-electron chi connectivity index (χ2n) is 7.28. The summed E-state index contributed by atoms with van der Waals surface area (Å²) in [6.45, 7) is 3.70. The summed E-state index contributed by atoms with van der Waals surface area (Å²) in [6, 6.07) is 11.7. The van der Waals surface area contributed by atoms with Crippen molar-refractivity contribution >= 4 is 46.7 Å². The van der Waals surface area contributed by atoms with Crippen LogP contribution in [-0.2, 0) is 9.53 Å². The molecule has 0 saturated heterocycles. The normalized spacial score (nSPS) is 15.9. The smallest absolute Gasteiger partial charge is 0.338 e. The van der Waals surface area contributed by atoms with Crippen molar-refractivity contribution in [2.75, 3.05) is 12.9 Å². The molecular weight excluding hydrogens is 480 g/mol. The van der Waals surface area contributed by atoms with Gasteiger partial charge in [0.05, 0.1) is 28.5 Å². The first-order valence-electron chi connectivity index (χ1n) is 10.2. The zero-order valence-corrected chi connectivity index (χ0v) is 20.6. The maximum atomic E-state index is 13.5. The number of thiazole rings is 1. The van der Waals surface area contributed by atoms with Crippen LogP contribution in [0.3, 0.4) is 0 Å². The van der Waals surface area contributed by atoms with Gasteiger partial charge in [0.1, 0.15) is 5.75 Å². The van der Waals surface area contributed by atoms with E-state index in [9.17, 15) is 14.7 Å². The van der Waals surface area contributed by atoms with E-state index in [0.717, 1.165) is 10.5 Å². The van der Waals surface area contributed by atoms with E-state index < -0.39 is 12.0 Å². The summed E-state index contributed by atoms with van der Waals surface area (Å²) in [4.78, 5) is 32.5. The Balaban J connectivity index is 1.96. The molecule has 1 N–H and O–H groups in total. The van der Waals surface area contributed by atoms with Crippen LogP contribution in [-0.4, -0.2) is 28.5 Å². The summed E-state index contributed by atoms with van der Waals surface area (Å²) >= 11 is 8.87. The number of aromatic hydroxyl groups is 1. The van der Waals surface area contributed by atoms with Crippen molar-refractivity contribution in [2.24, 2.45) is 4.99 Å². The van der Waals surface area contributed by atoms with Crippen molar-refractivity contribution in [1.82, 2.24) is 4.57 Å². The first kappa shape index (κ1) is 23.4. The molecule has 170 valence electrons. The van der Waals surface area contributed by atoms with E-state index in [4.69, 9.17) is 16.3 Å². The molecule has 0 saturated carbocycles. The van der Waals surface area contributed by atoms with Crippen LogP contribution in [0, 0.1) is 0 Å². The Labute approximate surface area is 203 Å². The summed E-state index contributed by atoms with van der Waals surface area (Å²) in [5.74, 6) is -0.489. The first-order valence-corrected chi connectivity index (χ1v) is 12.6. The standard InChI is InChI=1S/C24H21ClN2O4S2/c1-4-31-23(30)20-13(2)26-24-27(21(20)14-5-8-17(32-3)9-6-14)22(29)19(33-24)12-15-11-16(25)7-10-18(15)28/h5-12,21,28H,4H2,1-3H3/b19-12-/t21-/m0/s1. The highest BCUT2D eigenvalue weighted by Crippen LogP contribution is 2.31. The molecule has 1 atom stereocenters. The molecule has 0 aliphatic carbocycles. The molecule has 33 heavy (non-hydrogen) atoms. The van der Waals surface area contributed by atoms with Crippen molar-refractivity contribution < 1.29 is 14.6 Å². The van der Waals surface area contributed by atoms with Gasteiger partial charge in [0.2, 0.25) is 0 Å². The monoisotopic (exact) mass is 500 g/mol. The Bertz CT molecular complexity index is 1440. The van der Waals surface area contributed by atoms with Crippen molar-refractivity contribution in [3.8, 4) is 5.75 Å². The van der Waals surface area contributed by atoms with Gasteiger partial charge in [-0.2, -0.15) is 0 Å². The number of hydrogen-bond donors (Lipinski definition) is 1. The third-order valence-electron chi connectivity index (χ3n) is 5.22. The number of carbonyl (C=O) groups is 1. The molecule has 2 heterocycles. The van der Waals surface area contributed by atoms with Gasteiger partial charge in [0, 0.05) is 15.5 Å². The number of allylic oxidation sites excluding steroid dienone is 1. The van der Waals surface area contributed by atoms with Gasteiger partial charge in [0.15, 0.2) is 4.80 Å². The number of rotatable bonds is 5. The average Bonchev–Trinajstić information content (AvgIpc) is 3.10. The fraction of sp³-hybridized carbons (Fsp3) is 0.208. The van der Waals surface area contributed by atoms with Crippen molar-refractivity contribution in [3.05, 3.63) is 89.6 Å². The lowest BCUT2D eigenvalue weighted by Crippen LogP contribution is -2.39. The van der Waals surface area contributed by atoms with E-state index in [0.29, 0.717) is 31.2 Å². The molecule has 1 aliphatic heterocycles. The number of halogens is 1. The van der Waals surface area contributed by atoms with Gasteiger partial charge < -0.3 is 9.84 Å². The molecule has 1 aromatic heterocycles. The van der Waals surface area contributed by atoms with E-state index in [1.54, 1.807) is 43.8 Å². The van der Waals surface area contributed by atoms with Crippen LogP contribution in [0.15, 0.2) is 68.4 Å². The lowest BCUT2D eigenvalue weighted by Gasteiger charge is -2.24. The second-order valence-corrected chi connectivity index (χ2v) is 9.60. The zero-order chi connectivity index (χ0) is 23.7. The Kier molecular flexibility index (Phi) is 6.78. The van der Waals surface area contributed by atoms with Crippen LogP contribution >= 0.6 is 34.7 Å². The summed E-state index contributed by atoms with van der Waals surface area (Å²) in [6.07, 6.45) is 3.57. The summed E-state index contributed by atoms with van der Waals surface area (Å²) < 4.78 is 7.20. The number of ether oxygens (including phenoxy) is 1. The molecule has 0 radical (unpaired) electrons. The number of nitrogens with zero attached hydrogens (tertiary/aromatic N) is 2. The summed E-state index contributed by atoms with van der Waals surface area (Å²) in [5.41, 5.74) is 1.73. The molecule has 6 nitrogen and oxygen atoms in total. The highest BCUT2D eigenvalue weighted by molar-refractivity contribution is 7.98. The minimum atomic E-state index is -0.675. The number of hydrogen-bond acceptors (Lipinski definition) is 7. The Morgan fingerprint density at radius 1 is 1.30 bits per heavy atom. The van der Waals surface area contributed by atoms with E-state index in [1.165, 1.54) is 22.0 Å². The lowest BCUT2D eigenvalue weighted by molar-refractivity contribution is -0.139. The maximum absolute atomic E-state index is 13.5. The molecule has 0 unspecified atom stereocenters. The molecule has 1 aliphatic rings. The van der Waals surface area contributed by atoms with Gasteiger partial charge in [-0.05, 0) is 62.1 Å². The molecule has 2 aromatic carbocycles. The predicted molar refractivity (Wildman–Crippen MR) is 132 cm³/mol. The van der Waals surface area contributed by atoms with E-state index in [-0.39, 0.29) is 17.9 Å². The van der Waals surface area contributed by atoms with Crippen LogP contribution in [0.1, 0.15) is 31.0 Å². The summed E-state index contributed by atoms with van der Waals surface area (Å²) in [5, 5.41) is 10.6. The number of aromatic nitrogens is 1. The number of carbonyl (C=O) groups excluding carboxylic acids is 1. The van der Waals surface area contributed by atoms with Gasteiger partial charge in [0.25, 0.3) is 5.56 Å². The second kappa shape index (κ2) is 9.59. The zero-order valence-electron chi connectivity index (χ0n) is 18.2. The number of phenolic OH excluding ortho intramolecular Hbond substituents is 1. The van der Waals surface area contributed by atoms with Gasteiger partial charge in [-0.1, -0.05) is 35.1 Å². The third kappa shape index (κ3) is 4.51. The van der Waals surface area contributed by atoms with Gasteiger partial charge in [-0.3, -0.25) is 9.36 Å². The van der Waals surface area contributed by atoms with E-state index in [2.05, 4.69) is 4.99 Å². The van der Waals surface area contributed by atoms with Crippen molar-refractivity contribution in [2.45, 2.75) is 24.8 Å². The highest BCUT2D eigenvalue weighted by atomic mass is 35.5. The molecule has 0 spiro atoms. The Hall–Kier alpha value is -2.81. The van der Waals surface area contributed by atoms with Crippen molar-refractivity contribution in [1.29, 1.82) is 0 Å². The molecule has 9 heteroatoms. The number of fused-ring (bicyclic) bond motifs is 1. The topological polar surface area (TPSA) is 80.9 Å². The third-order valence-corrected chi connectivity index (χ3v) is 7.19. The quantitative estimate of drug-likeness (QED) is 0.425. The minimum Gasteiger partial charge on any atom is -0.507 e. The van der Waals surface area contributed by atoms with Crippen LogP contribution in [0.5, 0.6) is 5.75 Å². The van der Waals surface area contributed by atoms with Gasteiger partial charge >= 0.3 is 5.97 Å². The maximum Gasteiger partial charge on any atom is 0.338 e. The predicted octanol–water partition coefficient (Wildman–Crippen LogP) is 3.88. The Morgan fingerprint density at radius 3 is 2.70 bits per heavy atom. The minimum absolute atomic E-state index is 0.0119. The van der Waals surface area contributed by atoms with Crippen molar-refractivity contribution in [3.63, 3.8) is 0 Å². The average molecular weight is 501 g/mol. The number of thioether (sulfide) groups is 1. The molecule has 0 bridgehead atoms. The largest absolute Gasteiger partial charge is 0.507 e. The molecule has 0 fully saturated rings. The van der Waals surface area contributed by atoms with Crippen LogP contribution < -0.4 is 14.9 Å². The summed E-state index contributed by atoms with van der Waals surface area (Å²) in [7, 11) is 0. The number of benzene rings is 2. The number of phenols is 1. The molecule has 0 amide bonds. The lowest BCUT2D eigenvalue weighted by atomic mass is 9.96.